The van der Waals surface area contributed by atoms with E-state index in [1.165, 1.54) is 0 Å². The van der Waals surface area contributed by atoms with Gasteiger partial charge < -0.3 is 15.4 Å². The standard InChI is InChI=1S/C12H24N2O3/c1-6-13-11(8(2)3)12(16)14-7-10(15)17-9(4)5/h8-9,11,13H,6-7H2,1-5H3,(H,14,16)/t11-/m0/s1. The summed E-state index contributed by atoms with van der Waals surface area (Å²) in [7, 11) is 0. The van der Waals surface area contributed by atoms with Gasteiger partial charge in [-0.3, -0.25) is 9.59 Å². The number of nitrogens with one attached hydrogen (secondary N) is 2. The Morgan fingerprint density at radius 1 is 1.18 bits per heavy atom. The van der Waals surface area contributed by atoms with Gasteiger partial charge in [0.25, 0.3) is 0 Å². The summed E-state index contributed by atoms with van der Waals surface area (Å²) in [6.07, 6.45) is -0.158. The van der Waals surface area contributed by atoms with E-state index in [4.69, 9.17) is 4.74 Å². The highest BCUT2D eigenvalue weighted by atomic mass is 16.5. The van der Waals surface area contributed by atoms with E-state index in [0.29, 0.717) is 6.54 Å². The second-order valence-electron chi connectivity index (χ2n) is 4.54. The number of likely N-dealkylation sites (N-methyl/N-ethyl adjacent to an activating group) is 1. The third kappa shape index (κ3) is 6.94. The maximum atomic E-state index is 11.8. The van der Waals surface area contributed by atoms with E-state index in [-0.39, 0.29) is 30.5 Å². The molecule has 0 bridgehead atoms. The average Bonchev–Trinajstić information content (AvgIpc) is 2.21. The molecule has 0 aromatic carbocycles. The van der Waals surface area contributed by atoms with Crippen LogP contribution in [0.15, 0.2) is 0 Å². The maximum Gasteiger partial charge on any atom is 0.325 e. The van der Waals surface area contributed by atoms with E-state index in [9.17, 15) is 9.59 Å². The van der Waals surface area contributed by atoms with Crippen molar-refractivity contribution in [2.45, 2.75) is 46.8 Å². The molecule has 1 atom stereocenters. The van der Waals surface area contributed by atoms with E-state index >= 15 is 0 Å². The number of hydrogen-bond acceptors (Lipinski definition) is 4. The molecule has 1 amide bonds. The number of amides is 1. The summed E-state index contributed by atoms with van der Waals surface area (Å²) >= 11 is 0. The van der Waals surface area contributed by atoms with Crippen molar-refractivity contribution in [1.29, 1.82) is 0 Å². The van der Waals surface area contributed by atoms with Gasteiger partial charge in [0.15, 0.2) is 0 Å². The molecule has 5 heteroatoms. The van der Waals surface area contributed by atoms with Crippen LogP contribution >= 0.6 is 0 Å². The average molecular weight is 244 g/mol. The molecule has 0 fully saturated rings. The first kappa shape index (κ1) is 15.9. The van der Waals surface area contributed by atoms with Gasteiger partial charge in [-0.25, -0.2) is 0 Å². The van der Waals surface area contributed by atoms with Gasteiger partial charge in [-0.05, 0) is 26.3 Å². The SMILES string of the molecule is CCN[C@H](C(=O)NCC(=O)OC(C)C)C(C)C. The molecule has 0 unspecified atom stereocenters. The van der Waals surface area contributed by atoms with Crippen LogP contribution < -0.4 is 10.6 Å². The summed E-state index contributed by atoms with van der Waals surface area (Å²) in [5.74, 6) is -0.397. The van der Waals surface area contributed by atoms with E-state index in [1.54, 1.807) is 13.8 Å². The Morgan fingerprint density at radius 3 is 2.18 bits per heavy atom. The molecule has 0 saturated carbocycles. The number of carbonyl (C=O) groups is 2. The first-order valence-electron chi connectivity index (χ1n) is 6.09. The Morgan fingerprint density at radius 2 is 1.76 bits per heavy atom. The van der Waals surface area contributed by atoms with Gasteiger partial charge in [0.1, 0.15) is 6.54 Å². The molecule has 17 heavy (non-hydrogen) atoms. The molecule has 0 rings (SSSR count). The van der Waals surface area contributed by atoms with E-state index in [0.717, 1.165) is 0 Å². The van der Waals surface area contributed by atoms with Crippen molar-refractivity contribution in [3.63, 3.8) is 0 Å². The monoisotopic (exact) mass is 244 g/mol. The van der Waals surface area contributed by atoms with Crippen molar-refractivity contribution in [3.8, 4) is 0 Å². The maximum absolute atomic E-state index is 11.8. The van der Waals surface area contributed by atoms with Crippen LogP contribution in [0.3, 0.4) is 0 Å². The third-order valence-corrected chi connectivity index (χ3v) is 2.15. The smallest absolute Gasteiger partial charge is 0.325 e. The summed E-state index contributed by atoms with van der Waals surface area (Å²) in [5, 5.41) is 5.66. The Bertz CT molecular complexity index is 252. The second kappa shape index (κ2) is 8.06. The number of hydrogen-bond donors (Lipinski definition) is 2. The Labute approximate surface area is 103 Å². The Hall–Kier alpha value is -1.10. The molecule has 0 aromatic heterocycles. The minimum absolute atomic E-state index is 0.0778. The first-order chi connectivity index (χ1) is 7.88. The number of carbonyl (C=O) groups excluding carboxylic acids is 2. The Balaban J connectivity index is 4.10. The van der Waals surface area contributed by atoms with Crippen molar-refractivity contribution in [1.82, 2.24) is 10.6 Å². The van der Waals surface area contributed by atoms with Crippen LogP contribution in [0.25, 0.3) is 0 Å². The van der Waals surface area contributed by atoms with Crippen molar-refractivity contribution in [2.75, 3.05) is 13.1 Å². The zero-order chi connectivity index (χ0) is 13.4. The predicted octanol–water partition coefficient (Wildman–Crippen LogP) is 0.688. The lowest BCUT2D eigenvalue weighted by atomic mass is 10.0. The lowest BCUT2D eigenvalue weighted by Gasteiger charge is -2.20. The van der Waals surface area contributed by atoms with Crippen LogP contribution in [0.4, 0.5) is 0 Å². The van der Waals surface area contributed by atoms with Crippen molar-refractivity contribution in [3.05, 3.63) is 0 Å². The lowest BCUT2D eigenvalue weighted by molar-refractivity contribution is -0.147. The van der Waals surface area contributed by atoms with Gasteiger partial charge >= 0.3 is 5.97 Å². The van der Waals surface area contributed by atoms with E-state index in [1.807, 2.05) is 20.8 Å². The van der Waals surface area contributed by atoms with Crippen LogP contribution in [0, 0.1) is 5.92 Å². The highest BCUT2D eigenvalue weighted by molar-refractivity contribution is 5.85. The molecule has 0 aliphatic heterocycles. The molecule has 0 saturated heterocycles. The largest absolute Gasteiger partial charge is 0.462 e. The molecule has 0 spiro atoms. The quantitative estimate of drug-likeness (QED) is 0.647. The van der Waals surface area contributed by atoms with Gasteiger partial charge in [0.2, 0.25) is 5.91 Å². The molecule has 0 heterocycles. The molecule has 5 nitrogen and oxygen atoms in total. The minimum atomic E-state index is -0.410. The van der Waals surface area contributed by atoms with Gasteiger partial charge in [-0.2, -0.15) is 0 Å². The molecule has 0 aliphatic carbocycles. The summed E-state index contributed by atoms with van der Waals surface area (Å²) in [6, 6.07) is -0.271. The van der Waals surface area contributed by atoms with Crippen molar-refractivity contribution < 1.29 is 14.3 Å². The summed E-state index contributed by atoms with van der Waals surface area (Å²) < 4.78 is 4.93. The van der Waals surface area contributed by atoms with Crippen LogP contribution in [-0.2, 0) is 14.3 Å². The van der Waals surface area contributed by atoms with Crippen molar-refractivity contribution in [2.24, 2.45) is 5.92 Å². The topological polar surface area (TPSA) is 67.4 Å². The number of esters is 1. The summed E-state index contributed by atoms with van der Waals surface area (Å²) in [4.78, 5) is 23.0. The zero-order valence-corrected chi connectivity index (χ0v) is 11.4. The predicted molar refractivity (Wildman–Crippen MR) is 66.5 cm³/mol. The molecule has 2 N–H and O–H groups in total. The fourth-order valence-electron chi connectivity index (χ4n) is 1.42. The van der Waals surface area contributed by atoms with Gasteiger partial charge in [0.05, 0.1) is 12.1 Å². The van der Waals surface area contributed by atoms with E-state index in [2.05, 4.69) is 10.6 Å². The first-order valence-corrected chi connectivity index (χ1v) is 6.09. The number of ether oxygens (including phenoxy) is 1. The molecule has 0 aromatic rings. The highest BCUT2D eigenvalue weighted by Gasteiger charge is 2.21. The Kier molecular flexibility index (Phi) is 7.54. The van der Waals surface area contributed by atoms with Crippen molar-refractivity contribution >= 4 is 11.9 Å². The van der Waals surface area contributed by atoms with Gasteiger partial charge in [-0.1, -0.05) is 20.8 Å². The fraction of sp³-hybridized carbons (Fsp3) is 0.833. The molecule has 100 valence electrons. The summed E-state index contributed by atoms with van der Waals surface area (Å²) in [5.41, 5.74) is 0. The lowest BCUT2D eigenvalue weighted by Crippen LogP contribution is -2.48. The summed E-state index contributed by atoms with van der Waals surface area (Å²) in [6.45, 7) is 10.0. The minimum Gasteiger partial charge on any atom is -0.462 e. The van der Waals surface area contributed by atoms with Gasteiger partial charge in [-0.15, -0.1) is 0 Å². The van der Waals surface area contributed by atoms with Crippen LogP contribution in [0.5, 0.6) is 0 Å². The number of rotatable bonds is 7. The van der Waals surface area contributed by atoms with Crippen LogP contribution in [-0.4, -0.2) is 37.1 Å². The highest BCUT2D eigenvalue weighted by Crippen LogP contribution is 2.01. The third-order valence-electron chi connectivity index (χ3n) is 2.15. The molecular weight excluding hydrogens is 220 g/mol. The van der Waals surface area contributed by atoms with Crippen LogP contribution in [0.2, 0.25) is 0 Å². The van der Waals surface area contributed by atoms with E-state index < -0.39 is 5.97 Å². The molecule has 0 radical (unpaired) electrons. The second-order valence-corrected chi connectivity index (χ2v) is 4.54. The fourth-order valence-corrected chi connectivity index (χ4v) is 1.42. The molecular formula is C12H24N2O3. The zero-order valence-electron chi connectivity index (χ0n) is 11.4. The normalized spacial score (nSPS) is 12.6. The van der Waals surface area contributed by atoms with Crippen LogP contribution in [0.1, 0.15) is 34.6 Å². The van der Waals surface area contributed by atoms with Gasteiger partial charge in [0, 0.05) is 0 Å². The molecule has 0 aliphatic rings.